The van der Waals surface area contributed by atoms with E-state index in [0.717, 1.165) is 17.5 Å². The zero-order chi connectivity index (χ0) is 18.8. The summed E-state index contributed by atoms with van der Waals surface area (Å²) in [6.45, 7) is 11.7. The van der Waals surface area contributed by atoms with Crippen LogP contribution in [0.25, 0.3) is 11.0 Å². The lowest BCUT2D eigenvalue weighted by atomic mass is 9.94. The Kier molecular flexibility index (Phi) is 5.64. The van der Waals surface area contributed by atoms with Crippen LogP contribution in [0.4, 0.5) is 0 Å². The van der Waals surface area contributed by atoms with Gasteiger partial charge in [-0.3, -0.25) is 0 Å². The van der Waals surface area contributed by atoms with E-state index in [1.807, 2.05) is 6.07 Å². The number of hydrogen-bond donors (Lipinski definition) is 1. The van der Waals surface area contributed by atoms with Crippen molar-refractivity contribution in [3.63, 3.8) is 0 Å². The molecule has 0 amide bonds. The molecular weight excluding hydrogens is 342 g/mol. The average molecular weight is 371 g/mol. The van der Waals surface area contributed by atoms with Crippen LogP contribution in [0.15, 0.2) is 44.9 Å². The molecule has 138 valence electrons. The summed E-state index contributed by atoms with van der Waals surface area (Å²) < 4.78 is 5.48. The van der Waals surface area contributed by atoms with Gasteiger partial charge in [-0.05, 0) is 47.5 Å². The smallest absolute Gasteiger partial charge is 0.336 e. The molecule has 0 saturated carbocycles. The highest BCUT2D eigenvalue weighted by molar-refractivity contribution is 7.10. The van der Waals surface area contributed by atoms with Crippen molar-refractivity contribution in [1.29, 1.82) is 0 Å². The standard InChI is InChI=1S/C22H27NO2S/c1-13(2)17-11-18-16(10-21(24)25-19(18)9-15(17)5)12-23-22(14(3)4)20-7-6-8-26-20/h6-11,13-14,22-23H,12H2,1-5H3/p+1/t22-/m0/s1. The molecular formula is C22H28NO2S+. The summed E-state index contributed by atoms with van der Waals surface area (Å²) in [5, 5.41) is 5.53. The van der Waals surface area contributed by atoms with Gasteiger partial charge >= 0.3 is 5.63 Å². The molecule has 0 unspecified atom stereocenters. The van der Waals surface area contributed by atoms with Gasteiger partial charge in [-0.1, -0.05) is 33.8 Å². The summed E-state index contributed by atoms with van der Waals surface area (Å²) >= 11 is 1.80. The van der Waals surface area contributed by atoms with E-state index in [-0.39, 0.29) is 5.63 Å². The molecule has 0 aliphatic rings. The van der Waals surface area contributed by atoms with Crippen molar-refractivity contribution in [3.05, 3.63) is 67.7 Å². The van der Waals surface area contributed by atoms with Crippen LogP contribution in [-0.4, -0.2) is 0 Å². The number of hydrogen-bond acceptors (Lipinski definition) is 3. The molecule has 1 aromatic carbocycles. The minimum Gasteiger partial charge on any atom is -0.423 e. The number of aryl methyl sites for hydroxylation is 1. The van der Waals surface area contributed by atoms with E-state index in [1.165, 1.54) is 16.0 Å². The molecule has 0 spiro atoms. The van der Waals surface area contributed by atoms with Crippen molar-refractivity contribution in [2.75, 3.05) is 0 Å². The Labute approximate surface area is 159 Å². The van der Waals surface area contributed by atoms with Crippen LogP contribution in [0.5, 0.6) is 0 Å². The third kappa shape index (κ3) is 3.92. The monoisotopic (exact) mass is 370 g/mol. The molecule has 2 N–H and O–H groups in total. The van der Waals surface area contributed by atoms with Crippen LogP contribution in [0.3, 0.4) is 0 Å². The molecule has 1 atom stereocenters. The zero-order valence-electron chi connectivity index (χ0n) is 16.2. The Morgan fingerprint density at radius 2 is 1.92 bits per heavy atom. The highest BCUT2D eigenvalue weighted by Gasteiger charge is 2.21. The van der Waals surface area contributed by atoms with Crippen LogP contribution in [0.1, 0.15) is 61.2 Å². The van der Waals surface area contributed by atoms with Crippen molar-refractivity contribution < 1.29 is 9.73 Å². The number of benzene rings is 1. The van der Waals surface area contributed by atoms with Crippen molar-refractivity contribution in [2.45, 2.75) is 53.1 Å². The molecule has 0 saturated heterocycles. The van der Waals surface area contributed by atoms with E-state index in [9.17, 15) is 4.79 Å². The maximum absolute atomic E-state index is 12.1. The highest BCUT2D eigenvalue weighted by Crippen LogP contribution is 2.27. The Bertz CT molecular complexity index is 939. The molecule has 3 nitrogen and oxygen atoms in total. The molecule has 0 aliphatic heterocycles. The first kappa shape index (κ1) is 18.9. The molecule has 2 aromatic heterocycles. The van der Waals surface area contributed by atoms with Crippen LogP contribution in [0, 0.1) is 12.8 Å². The second-order valence-corrected chi connectivity index (χ2v) is 8.65. The topological polar surface area (TPSA) is 46.8 Å². The summed E-state index contributed by atoms with van der Waals surface area (Å²) in [4.78, 5) is 13.4. The molecule has 0 aliphatic carbocycles. The largest absolute Gasteiger partial charge is 0.423 e. The molecule has 0 radical (unpaired) electrons. The van der Waals surface area contributed by atoms with Crippen LogP contribution < -0.4 is 10.9 Å². The minimum absolute atomic E-state index is 0.269. The first-order valence-electron chi connectivity index (χ1n) is 9.30. The van der Waals surface area contributed by atoms with Gasteiger partial charge in [0.1, 0.15) is 18.2 Å². The van der Waals surface area contributed by atoms with E-state index in [4.69, 9.17) is 4.42 Å². The molecule has 26 heavy (non-hydrogen) atoms. The maximum atomic E-state index is 12.1. The van der Waals surface area contributed by atoms with Crippen LogP contribution in [-0.2, 0) is 6.54 Å². The van der Waals surface area contributed by atoms with E-state index in [2.05, 4.69) is 63.5 Å². The maximum Gasteiger partial charge on any atom is 0.336 e. The summed E-state index contributed by atoms with van der Waals surface area (Å²) in [5.74, 6) is 0.964. The van der Waals surface area contributed by atoms with Crippen molar-refractivity contribution in [1.82, 2.24) is 0 Å². The van der Waals surface area contributed by atoms with E-state index in [0.29, 0.717) is 23.5 Å². The Balaban J connectivity index is 1.98. The minimum atomic E-state index is -0.269. The number of fused-ring (bicyclic) bond motifs is 1. The number of quaternary nitrogens is 1. The van der Waals surface area contributed by atoms with Gasteiger partial charge < -0.3 is 9.73 Å². The fourth-order valence-electron chi connectivity index (χ4n) is 3.63. The molecule has 0 bridgehead atoms. The molecule has 3 aromatic rings. The molecule has 2 heterocycles. The van der Waals surface area contributed by atoms with Crippen molar-refractivity contribution in [2.24, 2.45) is 5.92 Å². The van der Waals surface area contributed by atoms with Gasteiger partial charge in [-0.25, -0.2) is 4.79 Å². The zero-order valence-corrected chi connectivity index (χ0v) is 17.0. The van der Waals surface area contributed by atoms with Crippen molar-refractivity contribution in [3.8, 4) is 0 Å². The number of rotatable bonds is 6. The van der Waals surface area contributed by atoms with Crippen molar-refractivity contribution >= 4 is 22.3 Å². The quantitative estimate of drug-likeness (QED) is 0.637. The van der Waals surface area contributed by atoms with Crippen LogP contribution in [0.2, 0.25) is 0 Å². The molecule has 0 fully saturated rings. The summed E-state index contributed by atoms with van der Waals surface area (Å²) in [5.41, 5.74) is 3.97. The van der Waals surface area contributed by atoms with Crippen LogP contribution >= 0.6 is 11.3 Å². The lowest BCUT2D eigenvalue weighted by Gasteiger charge is -2.19. The Hall–Kier alpha value is -1.91. The molecule has 3 rings (SSSR count). The highest BCUT2D eigenvalue weighted by atomic mass is 32.1. The second-order valence-electron chi connectivity index (χ2n) is 7.68. The second kappa shape index (κ2) is 7.77. The van der Waals surface area contributed by atoms with Gasteiger partial charge in [0.05, 0.1) is 4.88 Å². The SMILES string of the molecule is Cc1cc2oc(=O)cc(C[NH2+][C@H](c3cccs3)C(C)C)c2cc1C(C)C. The third-order valence-corrected chi connectivity index (χ3v) is 5.99. The van der Waals surface area contributed by atoms with E-state index < -0.39 is 0 Å². The number of thiophene rings is 1. The van der Waals surface area contributed by atoms with E-state index >= 15 is 0 Å². The van der Waals surface area contributed by atoms with Gasteiger partial charge in [-0.15, -0.1) is 11.3 Å². The predicted molar refractivity (Wildman–Crippen MR) is 109 cm³/mol. The van der Waals surface area contributed by atoms with Gasteiger partial charge in [0.25, 0.3) is 0 Å². The Morgan fingerprint density at radius 3 is 2.54 bits per heavy atom. The lowest BCUT2D eigenvalue weighted by Crippen LogP contribution is -2.84. The fraction of sp³-hybridized carbons (Fsp3) is 0.409. The lowest BCUT2D eigenvalue weighted by molar-refractivity contribution is -0.716. The first-order valence-corrected chi connectivity index (χ1v) is 10.2. The summed E-state index contributed by atoms with van der Waals surface area (Å²) in [7, 11) is 0. The average Bonchev–Trinajstić information content (AvgIpc) is 3.07. The third-order valence-electron chi connectivity index (χ3n) is 5.02. The van der Waals surface area contributed by atoms with Gasteiger partial charge in [-0.2, -0.15) is 0 Å². The molecule has 4 heteroatoms. The number of nitrogens with two attached hydrogens (primary N) is 1. The summed E-state index contributed by atoms with van der Waals surface area (Å²) in [6.07, 6.45) is 0. The fourth-order valence-corrected chi connectivity index (χ4v) is 4.63. The first-order chi connectivity index (χ1) is 12.4. The van der Waals surface area contributed by atoms with Gasteiger partial charge in [0, 0.05) is 22.9 Å². The predicted octanol–water partition coefficient (Wildman–Crippen LogP) is 4.75. The normalized spacial score (nSPS) is 13.0. The van der Waals surface area contributed by atoms with Gasteiger partial charge in [0.2, 0.25) is 0 Å². The summed E-state index contributed by atoms with van der Waals surface area (Å²) in [6, 6.07) is 10.6. The van der Waals surface area contributed by atoms with Gasteiger partial charge in [0.15, 0.2) is 0 Å². The Morgan fingerprint density at radius 1 is 1.15 bits per heavy atom. The van der Waals surface area contributed by atoms with E-state index in [1.54, 1.807) is 17.4 Å².